The summed E-state index contributed by atoms with van der Waals surface area (Å²) in [6.07, 6.45) is -1.01. The fraction of sp³-hybridized carbons (Fsp3) is 0.333. The number of hydrogen-bond donors (Lipinski definition) is 3. The summed E-state index contributed by atoms with van der Waals surface area (Å²) in [6.45, 7) is 3.11. The maximum Gasteiger partial charge on any atom is 0.318 e. The van der Waals surface area contributed by atoms with Crippen molar-refractivity contribution in [2.45, 2.75) is 26.0 Å². The van der Waals surface area contributed by atoms with E-state index >= 15 is 0 Å². The molecule has 2 atom stereocenters. The molecule has 1 rings (SSSR count). The molecule has 0 radical (unpaired) electrons. The van der Waals surface area contributed by atoms with Gasteiger partial charge in [0.2, 0.25) is 0 Å². The first-order valence-electron chi connectivity index (χ1n) is 5.63. The average Bonchev–Trinajstić information content (AvgIpc) is 2.27. The largest absolute Gasteiger partial charge is 0.480 e. The number of rotatable bonds is 4. The van der Waals surface area contributed by atoms with Crippen LogP contribution < -0.4 is 21.5 Å². The third kappa shape index (κ3) is 4.22. The number of carbonyl (C=O) groups is 2. The molecule has 0 saturated heterocycles. The molecule has 104 valence electrons. The van der Waals surface area contributed by atoms with Crippen LogP contribution in [0, 0.1) is 5.82 Å². The number of halogens is 1. The number of nitrogens with two attached hydrogens (primary N) is 2. The van der Waals surface area contributed by atoms with Gasteiger partial charge in [0.05, 0.1) is 0 Å². The molecule has 1 unspecified atom stereocenters. The van der Waals surface area contributed by atoms with E-state index in [-0.39, 0.29) is 11.8 Å². The molecule has 0 saturated carbocycles. The zero-order valence-corrected chi connectivity index (χ0v) is 10.6. The Balaban J connectivity index is 2.89. The first kappa shape index (κ1) is 14.9. The molecule has 0 spiro atoms. The Hall–Kier alpha value is -2.15. The molecule has 0 aliphatic rings. The first-order chi connectivity index (χ1) is 8.81. The van der Waals surface area contributed by atoms with E-state index in [9.17, 15) is 14.0 Å². The summed E-state index contributed by atoms with van der Waals surface area (Å²) >= 11 is 0. The molecule has 0 heterocycles. The minimum Gasteiger partial charge on any atom is -0.480 e. The predicted octanol–water partition coefficient (Wildman–Crippen LogP) is 0.808. The molecule has 0 bridgehead atoms. The van der Waals surface area contributed by atoms with E-state index in [2.05, 4.69) is 0 Å². The van der Waals surface area contributed by atoms with E-state index in [4.69, 9.17) is 16.2 Å². The van der Waals surface area contributed by atoms with Gasteiger partial charge in [0, 0.05) is 17.7 Å². The lowest BCUT2D eigenvalue weighted by molar-refractivity contribution is -0.126. The van der Waals surface area contributed by atoms with Crippen molar-refractivity contribution in [1.29, 1.82) is 0 Å². The molecular weight excluding hydrogens is 253 g/mol. The van der Waals surface area contributed by atoms with Gasteiger partial charge in [0.1, 0.15) is 11.6 Å². The second-order valence-corrected chi connectivity index (χ2v) is 4.08. The van der Waals surface area contributed by atoms with Crippen LogP contribution in [0.4, 0.5) is 9.18 Å². The van der Waals surface area contributed by atoms with Gasteiger partial charge < -0.3 is 16.2 Å². The van der Waals surface area contributed by atoms with Crippen LogP contribution in [0.3, 0.4) is 0 Å². The molecule has 6 nitrogen and oxygen atoms in total. The zero-order chi connectivity index (χ0) is 14.6. The van der Waals surface area contributed by atoms with Crippen molar-refractivity contribution in [2.75, 3.05) is 0 Å². The quantitative estimate of drug-likeness (QED) is 0.751. The smallest absolute Gasteiger partial charge is 0.318 e. The van der Waals surface area contributed by atoms with Gasteiger partial charge in [0.25, 0.3) is 5.91 Å². The molecule has 0 aliphatic carbocycles. The lowest BCUT2D eigenvalue weighted by atomic mass is 10.1. The Kier molecular flexibility index (Phi) is 4.82. The van der Waals surface area contributed by atoms with Crippen LogP contribution in [0.25, 0.3) is 0 Å². The number of primary amides is 1. The number of imide groups is 1. The normalized spacial score (nSPS) is 13.5. The van der Waals surface area contributed by atoms with Gasteiger partial charge in [-0.2, -0.15) is 0 Å². The number of hydrogen-bond acceptors (Lipinski definition) is 4. The van der Waals surface area contributed by atoms with Crippen LogP contribution in [0.15, 0.2) is 18.2 Å². The Morgan fingerprint density at radius 3 is 2.53 bits per heavy atom. The van der Waals surface area contributed by atoms with Gasteiger partial charge >= 0.3 is 6.03 Å². The number of urea groups is 1. The zero-order valence-electron chi connectivity index (χ0n) is 10.6. The molecule has 5 N–H and O–H groups in total. The topological polar surface area (TPSA) is 107 Å². The molecule has 0 fully saturated rings. The predicted molar refractivity (Wildman–Crippen MR) is 66.8 cm³/mol. The van der Waals surface area contributed by atoms with Gasteiger partial charge in [-0.15, -0.1) is 0 Å². The summed E-state index contributed by atoms with van der Waals surface area (Å²) in [5.74, 6) is -1.07. The standard InChI is InChI=1S/C12H16FN3O3/c1-6(14)9-4-3-8(13)5-10(9)19-7(2)11(17)16-12(15)18/h3-7H,14H2,1-2H3,(H3,15,16,17,18)/t6-,7?/m0/s1. The summed E-state index contributed by atoms with van der Waals surface area (Å²) in [7, 11) is 0. The number of benzene rings is 1. The summed E-state index contributed by atoms with van der Waals surface area (Å²) < 4.78 is 18.5. The van der Waals surface area contributed by atoms with E-state index in [1.165, 1.54) is 19.1 Å². The summed E-state index contributed by atoms with van der Waals surface area (Å²) in [4.78, 5) is 22.0. The van der Waals surface area contributed by atoms with E-state index in [0.29, 0.717) is 5.56 Å². The van der Waals surface area contributed by atoms with E-state index in [1.807, 2.05) is 5.32 Å². The van der Waals surface area contributed by atoms with Gasteiger partial charge in [0.15, 0.2) is 6.10 Å². The van der Waals surface area contributed by atoms with Crippen molar-refractivity contribution in [3.63, 3.8) is 0 Å². The minimum atomic E-state index is -1.01. The molecule has 3 amide bonds. The second-order valence-electron chi connectivity index (χ2n) is 4.08. The highest BCUT2D eigenvalue weighted by molar-refractivity contribution is 5.95. The first-order valence-corrected chi connectivity index (χ1v) is 5.63. The summed E-state index contributed by atoms with van der Waals surface area (Å²) in [6, 6.07) is 2.50. The molecule has 0 aromatic heterocycles. The minimum absolute atomic E-state index is 0.155. The molecule has 19 heavy (non-hydrogen) atoms. The third-order valence-corrected chi connectivity index (χ3v) is 2.39. The molecule has 0 aliphatic heterocycles. The highest BCUT2D eigenvalue weighted by atomic mass is 19.1. The number of amides is 3. The molecule has 1 aromatic rings. The van der Waals surface area contributed by atoms with Gasteiger partial charge in [-0.25, -0.2) is 9.18 Å². The highest BCUT2D eigenvalue weighted by Crippen LogP contribution is 2.25. The Labute approximate surface area is 109 Å². The van der Waals surface area contributed by atoms with Crippen molar-refractivity contribution in [3.8, 4) is 5.75 Å². The van der Waals surface area contributed by atoms with Crippen LogP contribution in [0.1, 0.15) is 25.5 Å². The van der Waals surface area contributed by atoms with E-state index < -0.39 is 23.9 Å². The SMILES string of the molecule is CC(Oc1cc(F)ccc1[C@H](C)N)C(=O)NC(N)=O. The Bertz CT molecular complexity index is 491. The maximum absolute atomic E-state index is 13.2. The van der Waals surface area contributed by atoms with Crippen molar-refractivity contribution in [2.24, 2.45) is 11.5 Å². The fourth-order valence-electron chi connectivity index (χ4n) is 1.45. The number of carbonyl (C=O) groups excluding carboxylic acids is 2. The Morgan fingerprint density at radius 1 is 1.37 bits per heavy atom. The van der Waals surface area contributed by atoms with Crippen molar-refractivity contribution in [1.82, 2.24) is 5.32 Å². The second kappa shape index (κ2) is 6.14. The molecular formula is C12H16FN3O3. The number of nitrogens with one attached hydrogen (secondary N) is 1. The van der Waals surface area contributed by atoms with Gasteiger partial charge in [-0.3, -0.25) is 10.1 Å². The van der Waals surface area contributed by atoms with Crippen molar-refractivity contribution < 1.29 is 18.7 Å². The van der Waals surface area contributed by atoms with Crippen molar-refractivity contribution >= 4 is 11.9 Å². The van der Waals surface area contributed by atoms with Crippen LogP contribution in [0.2, 0.25) is 0 Å². The third-order valence-electron chi connectivity index (χ3n) is 2.39. The average molecular weight is 269 g/mol. The molecule has 1 aromatic carbocycles. The monoisotopic (exact) mass is 269 g/mol. The van der Waals surface area contributed by atoms with Crippen LogP contribution >= 0.6 is 0 Å². The Morgan fingerprint density at radius 2 is 2.00 bits per heavy atom. The van der Waals surface area contributed by atoms with Crippen LogP contribution in [-0.2, 0) is 4.79 Å². The maximum atomic E-state index is 13.2. The number of ether oxygens (including phenoxy) is 1. The lowest BCUT2D eigenvalue weighted by Gasteiger charge is -2.18. The lowest BCUT2D eigenvalue weighted by Crippen LogP contribution is -2.42. The summed E-state index contributed by atoms with van der Waals surface area (Å²) in [5.41, 5.74) is 11.1. The highest BCUT2D eigenvalue weighted by Gasteiger charge is 2.19. The van der Waals surface area contributed by atoms with Crippen LogP contribution in [-0.4, -0.2) is 18.0 Å². The van der Waals surface area contributed by atoms with E-state index in [1.54, 1.807) is 6.92 Å². The van der Waals surface area contributed by atoms with E-state index in [0.717, 1.165) is 6.07 Å². The fourth-order valence-corrected chi connectivity index (χ4v) is 1.45. The van der Waals surface area contributed by atoms with Gasteiger partial charge in [-0.1, -0.05) is 6.07 Å². The molecule has 7 heteroatoms. The van der Waals surface area contributed by atoms with Crippen molar-refractivity contribution in [3.05, 3.63) is 29.6 Å². The summed E-state index contributed by atoms with van der Waals surface area (Å²) in [5, 5.41) is 1.88. The van der Waals surface area contributed by atoms with Gasteiger partial charge in [-0.05, 0) is 19.9 Å². The van der Waals surface area contributed by atoms with Crippen LogP contribution in [0.5, 0.6) is 5.75 Å².